The lowest BCUT2D eigenvalue weighted by atomic mass is 9.89. The van der Waals surface area contributed by atoms with Gasteiger partial charge in [-0.1, -0.05) is 6.07 Å². The fraction of sp³-hybridized carbons (Fsp3) is 0.571. The van der Waals surface area contributed by atoms with Crippen molar-refractivity contribution < 1.29 is 9.47 Å². The number of halogens is 1. The summed E-state index contributed by atoms with van der Waals surface area (Å²) in [6, 6.07) is 6.11. The van der Waals surface area contributed by atoms with Crippen LogP contribution in [-0.2, 0) is 11.2 Å². The van der Waals surface area contributed by atoms with Gasteiger partial charge >= 0.3 is 0 Å². The van der Waals surface area contributed by atoms with E-state index in [0.29, 0.717) is 0 Å². The van der Waals surface area contributed by atoms with Gasteiger partial charge in [-0.05, 0) is 59.8 Å². The molecular weight excluding hydrogens is 294 g/mol. The minimum absolute atomic E-state index is 0.0281. The van der Waals surface area contributed by atoms with E-state index in [0.717, 1.165) is 36.1 Å². The molecule has 1 aliphatic rings. The van der Waals surface area contributed by atoms with E-state index < -0.39 is 0 Å². The Balaban J connectivity index is 2.07. The molecule has 2 unspecified atom stereocenters. The highest BCUT2D eigenvalue weighted by molar-refractivity contribution is 9.10. The molecule has 0 aliphatic carbocycles. The average molecular weight is 314 g/mol. The molecule has 100 valence electrons. The lowest BCUT2D eigenvalue weighted by Gasteiger charge is -2.30. The van der Waals surface area contributed by atoms with E-state index in [1.165, 1.54) is 5.56 Å². The van der Waals surface area contributed by atoms with Crippen LogP contribution in [0.4, 0.5) is 0 Å². The second kappa shape index (κ2) is 5.59. The maximum atomic E-state index is 6.29. The van der Waals surface area contributed by atoms with Crippen molar-refractivity contribution in [3.63, 3.8) is 0 Å². The maximum Gasteiger partial charge on any atom is 0.133 e. The van der Waals surface area contributed by atoms with Crippen LogP contribution in [0.15, 0.2) is 22.7 Å². The standard InChI is InChI=1S/C14H20BrNO2/c1-14(6-3-7-18-14)13(16)9-10-4-5-12(17-2)11(15)8-10/h4-5,8,13H,3,6-7,9,16H2,1-2H3. The van der Waals surface area contributed by atoms with Crippen molar-refractivity contribution in [2.75, 3.05) is 13.7 Å². The van der Waals surface area contributed by atoms with Crippen LogP contribution < -0.4 is 10.5 Å². The smallest absolute Gasteiger partial charge is 0.133 e. The first-order valence-electron chi connectivity index (χ1n) is 6.27. The van der Waals surface area contributed by atoms with E-state index in [2.05, 4.69) is 35.0 Å². The van der Waals surface area contributed by atoms with Gasteiger partial charge in [-0.25, -0.2) is 0 Å². The van der Waals surface area contributed by atoms with Crippen LogP contribution in [0.3, 0.4) is 0 Å². The molecule has 0 amide bonds. The van der Waals surface area contributed by atoms with Crippen molar-refractivity contribution in [3.8, 4) is 5.75 Å². The molecule has 0 bridgehead atoms. The Hall–Kier alpha value is -0.580. The third kappa shape index (κ3) is 2.87. The fourth-order valence-electron chi connectivity index (χ4n) is 2.40. The number of methoxy groups -OCH3 is 1. The van der Waals surface area contributed by atoms with Gasteiger partial charge in [0.2, 0.25) is 0 Å². The van der Waals surface area contributed by atoms with Gasteiger partial charge in [0.1, 0.15) is 5.75 Å². The van der Waals surface area contributed by atoms with Crippen molar-refractivity contribution in [2.24, 2.45) is 5.73 Å². The lowest BCUT2D eigenvalue weighted by Crippen LogP contribution is -2.46. The number of rotatable bonds is 4. The Bertz CT molecular complexity index is 416. The molecule has 1 saturated heterocycles. The van der Waals surface area contributed by atoms with Gasteiger partial charge in [-0.15, -0.1) is 0 Å². The van der Waals surface area contributed by atoms with Crippen molar-refractivity contribution in [2.45, 2.75) is 37.8 Å². The molecule has 0 radical (unpaired) electrons. The van der Waals surface area contributed by atoms with Crippen LogP contribution in [0.2, 0.25) is 0 Å². The van der Waals surface area contributed by atoms with Gasteiger partial charge in [-0.2, -0.15) is 0 Å². The second-order valence-corrected chi connectivity index (χ2v) is 5.90. The van der Waals surface area contributed by atoms with Crippen LogP contribution in [0, 0.1) is 0 Å². The van der Waals surface area contributed by atoms with Gasteiger partial charge < -0.3 is 15.2 Å². The van der Waals surface area contributed by atoms with E-state index in [4.69, 9.17) is 15.2 Å². The molecule has 0 saturated carbocycles. The van der Waals surface area contributed by atoms with Crippen LogP contribution in [0.25, 0.3) is 0 Å². The van der Waals surface area contributed by atoms with E-state index in [1.807, 2.05) is 6.07 Å². The number of ether oxygens (including phenoxy) is 2. The minimum atomic E-state index is -0.174. The van der Waals surface area contributed by atoms with Crippen LogP contribution in [0.5, 0.6) is 5.75 Å². The molecule has 0 spiro atoms. The first kappa shape index (κ1) is 13.8. The van der Waals surface area contributed by atoms with Gasteiger partial charge in [0.15, 0.2) is 0 Å². The number of nitrogens with two attached hydrogens (primary N) is 1. The minimum Gasteiger partial charge on any atom is -0.496 e. The molecular formula is C14H20BrNO2. The molecule has 1 heterocycles. The zero-order chi connectivity index (χ0) is 13.2. The number of benzene rings is 1. The monoisotopic (exact) mass is 313 g/mol. The van der Waals surface area contributed by atoms with Gasteiger partial charge in [0, 0.05) is 12.6 Å². The van der Waals surface area contributed by atoms with Gasteiger partial charge in [-0.3, -0.25) is 0 Å². The Morgan fingerprint density at radius 1 is 1.56 bits per heavy atom. The quantitative estimate of drug-likeness (QED) is 0.929. The zero-order valence-corrected chi connectivity index (χ0v) is 12.5. The Labute approximate surface area is 117 Å². The molecule has 1 aliphatic heterocycles. The molecule has 2 atom stereocenters. The predicted molar refractivity (Wildman–Crippen MR) is 76.0 cm³/mol. The van der Waals surface area contributed by atoms with E-state index in [-0.39, 0.29) is 11.6 Å². The molecule has 0 aromatic heterocycles. The predicted octanol–water partition coefficient (Wildman–Crippen LogP) is 2.90. The van der Waals surface area contributed by atoms with Crippen molar-refractivity contribution in [1.82, 2.24) is 0 Å². The lowest BCUT2D eigenvalue weighted by molar-refractivity contribution is -0.000907. The topological polar surface area (TPSA) is 44.5 Å². The molecule has 2 N–H and O–H groups in total. The Morgan fingerprint density at radius 3 is 2.89 bits per heavy atom. The summed E-state index contributed by atoms with van der Waals surface area (Å²) >= 11 is 3.50. The highest BCUT2D eigenvalue weighted by atomic mass is 79.9. The van der Waals surface area contributed by atoms with Crippen LogP contribution in [0.1, 0.15) is 25.3 Å². The molecule has 1 fully saturated rings. The van der Waals surface area contributed by atoms with Crippen LogP contribution >= 0.6 is 15.9 Å². The number of hydrogen-bond acceptors (Lipinski definition) is 3. The average Bonchev–Trinajstić information content (AvgIpc) is 2.78. The molecule has 18 heavy (non-hydrogen) atoms. The summed E-state index contributed by atoms with van der Waals surface area (Å²) in [5.41, 5.74) is 7.32. The van der Waals surface area contributed by atoms with Crippen LogP contribution in [-0.4, -0.2) is 25.4 Å². The number of hydrogen-bond donors (Lipinski definition) is 1. The Kier molecular flexibility index (Phi) is 4.30. The molecule has 4 heteroatoms. The normalized spacial score (nSPS) is 25.1. The molecule has 2 rings (SSSR count). The summed E-state index contributed by atoms with van der Waals surface area (Å²) in [4.78, 5) is 0. The fourth-order valence-corrected chi connectivity index (χ4v) is 2.99. The van der Waals surface area contributed by atoms with Crippen molar-refractivity contribution in [3.05, 3.63) is 28.2 Å². The Morgan fingerprint density at radius 2 is 2.33 bits per heavy atom. The zero-order valence-electron chi connectivity index (χ0n) is 10.9. The SMILES string of the molecule is COc1ccc(CC(N)C2(C)CCCO2)cc1Br. The van der Waals surface area contributed by atoms with E-state index >= 15 is 0 Å². The largest absolute Gasteiger partial charge is 0.496 e. The third-order valence-corrected chi connectivity index (χ3v) is 4.33. The highest BCUT2D eigenvalue weighted by Crippen LogP contribution is 2.31. The first-order valence-corrected chi connectivity index (χ1v) is 7.06. The summed E-state index contributed by atoms with van der Waals surface area (Å²) in [7, 11) is 1.67. The summed E-state index contributed by atoms with van der Waals surface area (Å²) in [6.07, 6.45) is 2.97. The second-order valence-electron chi connectivity index (χ2n) is 5.04. The summed E-state index contributed by atoms with van der Waals surface area (Å²) in [5.74, 6) is 0.843. The highest BCUT2D eigenvalue weighted by Gasteiger charge is 2.36. The first-order chi connectivity index (χ1) is 8.55. The molecule has 3 nitrogen and oxygen atoms in total. The summed E-state index contributed by atoms with van der Waals surface area (Å²) in [5, 5.41) is 0. The maximum absolute atomic E-state index is 6.29. The van der Waals surface area contributed by atoms with E-state index in [9.17, 15) is 0 Å². The molecule has 1 aromatic rings. The summed E-state index contributed by atoms with van der Waals surface area (Å²) < 4.78 is 12.0. The van der Waals surface area contributed by atoms with Crippen molar-refractivity contribution in [1.29, 1.82) is 0 Å². The third-order valence-electron chi connectivity index (χ3n) is 3.71. The van der Waals surface area contributed by atoms with Crippen molar-refractivity contribution >= 4 is 15.9 Å². The summed E-state index contributed by atoms with van der Waals surface area (Å²) in [6.45, 7) is 2.94. The van der Waals surface area contributed by atoms with Gasteiger partial charge in [0.05, 0.1) is 17.2 Å². The molecule has 1 aromatic carbocycles. The van der Waals surface area contributed by atoms with Gasteiger partial charge in [0.25, 0.3) is 0 Å². The van der Waals surface area contributed by atoms with E-state index in [1.54, 1.807) is 7.11 Å².